The summed E-state index contributed by atoms with van der Waals surface area (Å²) in [6, 6.07) is 57.4. The third-order valence-electron chi connectivity index (χ3n) is 9.74. The molecule has 0 fully saturated rings. The Kier molecular flexibility index (Phi) is 5.58. The second kappa shape index (κ2) is 9.70. The van der Waals surface area contributed by atoms with E-state index in [0.717, 1.165) is 22.7 Å². The fourth-order valence-corrected chi connectivity index (χ4v) is 7.71. The molecule has 9 rings (SSSR count). The third-order valence-corrected chi connectivity index (χ3v) is 9.74. The van der Waals surface area contributed by atoms with Crippen molar-refractivity contribution < 1.29 is 0 Å². The van der Waals surface area contributed by atoms with Gasteiger partial charge in [0, 0.05) is 44.5 Å². The summed E-state index contributed by atoms with van der Waals surface area (Å²) < 4.78 is 2.45. The average Bonchev–Trinajstić information content (AvgIpc) is 3.42. The fraction of sp³-hybridized carbons (Fsp3) is 0.0698. The third kappa shape index (κ3) is 3.76. The normalized spacial score (nSPS) is 13.3. The van der Waals surface area contributed by atoms with Gasteiger partial charge in [-0.05, 0) is 88.1 Å². The van der Waals surface area contributed by atoms with E-state index in [-0.39, 0.29) is 5.41 Å². The molecule has 7 aromatic carbocycles. The molecule has 0 saturated carbocycles. The molecule has 0 bridgehead atoms. The van der Waals surface area contributed by atoms with Gasteiger partial charge in [-0.1, -0.05) is 111 Å². The Bertz CT molecular complexity index is 2340. The Labute approximate surface area is 263 Å². The number of anilines is 3. The minimum Gasteiger partial charge on any atom is -0.311 e. The molecular formula is C43H32N2. The minimum absolute atomic E-state index is 0.0750. The van der Waals surface area contributed by atoms with E-state index in [2.05, 4.69) is 181 Å². The van der Waals surface area contributed by atoms with E-state index in [9.17, 15) is 0 Å². The van der Waals surface area contributed by atoms with Crippen molar-refractivity contribution in [1.82, 2.24) is 4.57 Å². The lowest BCUT2D eigenvalue weighted by atomic mass is 9.68. The highest BCUT2D eigenvalue weighted by molar-refractivity contribution is 6.24. The van der Waals surface area contributed by atoms with Gasteiger partial charge in [-0.15, -0.1) is 0 Å². The van der Waals surface area contributed by atoms with Gasteiger partial charge < -0.3 is 9.47 Å². The van der Waals surface area contributed by atoms with Gasteiger partial charge in [0.05, 0.1) is 11.0 Å². The summed E-state index contributed by atoms with van der Waals surface area (Å²) in [6.45, 7) is 4.74. The summed E-state index contributed by atoms with van der Waals surface area (Å²) in [5, 5.41) is 5.28. The average molecular weight is 577 g/mol. The van der Waals surface area contributed by atoms with Gasteiger partial charge in [-0.3, -0.25) is 0 Å². The first-order chi connectivity index (χ1) is 22.1. The standard InChI is InChI=1S/C43H32N2/c1-43(2)36-21-11-9-19-34(36)42-40-29(14-13-22-37(40)43)28-39-41(42)35-20-10-12-23-38(35)45(39)33-26-24-32(25-27-33)44(30-15-5-3-6-16-30)31-17-7-4-8-18-31/h3-28H,1-2H3. The number of aromatic nitrogens is 1. The molecule has 0 aliphatic heterocycles. The van der Waals surface area contributed by atoms with E-state index in [1.165, 1.54) is 54.8 Å². The van der Waals surface area contributed by atoms with Gasteiger partial charge in [-0.2, -0.15) is 0 Å². The summed E-state index contributed by atoms with van der Waals surface area (Å²) in [7, 11) is 0. The van der Waals surface area contributed by atoms with Crippen LogP contribution in [-0.4, -0.2) is 4.57 Å². The van der Waals surface area contributed by atoms with Gasteiger partial charge >= 0.3 is 0 Å². The predicted octanol–water partition coefficient (Wildman–Crippen LogP) is 11.7. The molecule has 1 heterocycles. The zero-order valence-corrected chi connectivity index (χ0v) is 25.4. The highest BCUT2D eigenvalue weighted by Gasteiger charge is 2.35. The number of hydrogen-bond donors (Lipinski definition) is 0. The number of fused-ring (bicyclic) bond motifs is 6. The first-order valence-electron chi connectivity index (χ1n) is 15.7. The van der Waals surface area contributed by atoms with Crippen LogP contribution in [0.1, 0.15) is 25.0 Å². The Morgan fingerprint density at radius 1 is 0.489 bits per heavy atom. The molecule has 0 unspecified atom stereocenters. The molecule has 0 radical (unpaired) electrons. The van der Waals surface area contributed by atoms with Crippen molar-refractivity contribution in [3.05, 3.63) is 169 Å². The topological polar surface area (TPSA) is 8.17 Å². The van der Waals surface area contributed by atoms with Crippen LogP contribution in [0, 0.1) is 0 Å². The van der Waals surface area contributed by atoms with E-state index in [1.54, 1.807) is 0 Å². The van der Waals surface area contributed by atoms with Crippen molar-refractivity contribution in [2.24, 2.45) is 0 Å². The van der Waals surface area contributed by atoms with Crippen LogP contribution in [0.2, 0.25) is 0 Å². The van der Waals surface area contributed by atoms with Crippen molar-refractivity contribution in [3.8, 4) is 16.8 Å². The van der Waals surface area contributed by atoms with Crippen LogP contribution in [0.25, 0.3) is 49.4 Å². The van der Waals surface area contributed by atoms with E-state index < -0.39 is 0 Å². The number of benzene rings is 7. The Hall–Kier alpha value is -5.60. The Balaban J connectivity index is 1.31. The SMILES string of the molecule is CC1(C)c2ccccc2-c2c3c1cccc3cc1c2c2ccccc2n1-c1ccc(N(c2ccccc2)c2ccccc2)cc1. The summed E-state index contributed by atoms with van der Waals surface area (Å²) in [6.07, 6.45) is 0. The van der Waals surface area contributed by atoms with Gasteiger partial charge in [0.2, 0.25) is 0 Å². The number of para-hydroxylation sites is 3. The van der Waals surface area contributed by atoms with Crippen molar-refractivity contribution in [2.45, 2.75) is 19.3 Å². The number of hydrogen-bond acceptors (Lipinski definition) is 1. The molecule has 1 aliphatic carbocycles. The zero-order chi connectivity index (χ0) is 30.1. The molecule has 2 heteroatoms. The fourth-order valence-electron chi connectivity index (χ4n) is 7.71. The highest BCUT2D eigenvalue weighted by Crippen LogP contribution is 2.53. The van der Waals surface area contributed by atoms with E-state index in [4.69, 9.17) is 0 Å². The van der Waals surface area contributed by atoms with Gasteiger partial charge in [0.15, 0.2) is 0 Å². The van der Waals surface area contributed by atoms with Gasteiger partial charge in [-0.25, -0.2) is 0 Å². The lowest BCUT2D eigenvalue weighted by Crippen LogP contribution is -2.23. The summed E-state index contributed by atoms with van der Waals surface area (Å²) in [5.41, 5.74) is 12.4. The summed E-state index contributed by atoms with van der Waals surface area (Å²) in [5.74, 6) is 0. The van der Waals surface area contributed by atoms with Crippen LogP contribution in [0.4, 0.5) is 17.1 Å². The van der Waals surface area contributed by atoms with Gasteiger partial charge in [0.25, 0.3) is 0 Å². The molecule has 0 saturated heterocycles. The molecule has 2 nitrogen and oxygen atoms in total. The molecular weight excluding hydrogens is 544 g/mol. The maximum atomic E-state index is 2.45. The van der Waals surface area contributed by atoms with Crippen molar-refractivity contribution >= 4 is 49.6 Å². The molecule has 214 valence electrons. The first kappa shape index (κ1) is 25.9. The Morgan fingerprint density at radius 2 is 1.09 bits per heavy atom. The van der Waals surface area contributed by atoms with Crippen molar-refractivity contribution in [1.29, 1.82) is 0 Å². The van der Waals surface area contributed by atoms with Crippen molar-refractivity contribution in [2.75, 3.05) is 4.90 Å². The molecule has 45 heavy (non-hydrogen) atoms. The van der Waals surface area contributed by atoms with E-state index in [0.29, 0.717) is 0 Å². The predicted molar refractivity (Wildman–Crippen MR) is 191 cm³/mol. The minimum atomic E-state index is -0.0750. The maximum absolute atomic E-state index is 2.45. The van der Waals surface area contributed by atoms with Crippen LogP contribution in [0.3, 0.4) is 0 Å². The maximum Gasteiger partial charge on any atom is 0.0553 e. The van der Waals surface area contributed by atoms with Crippen LogP contribution in [0.5, 0.6) is 0 Å². The quantitative estimate of drug-likeness (QED) is 0.202. The molecule has 0 atom stereocenters. The second-order valence-electron chi connectivity index (χ2n) is 12.6. The zero-order valence-electron chi connectivity index (χ0n) is 25.4. The van der Waals surface area contributed by atoms with Crippen LogP contribution in [-0.2, 0) is 5.41 Å². The van der Waals surface area contributed by atoms with Crippen LogP contribution >= 0.6 is 0 Å². The molecule has 1 aliphatic rings. The molecule has 0 spiro atoms. The smallest absolute Gasteiger partial charge is 0.0553 e. The lowest BCUT2D eigenvalue weighted by Gasteiger charge is -2.35. The number of rotatable bonds is 4. The van der Waals surface area contributed by atoms with Crippen molar-refractivity contribution in [3.63, 3.8) is 0 Å². The molecule has 8 aromatic rings. The van der Waals surface area contributed by atoms with E-state index in [1.807, 2.05) is 0 Å². The van der Waals surface area contributed by atoms with E-state index >= 15 is 0 Å². The summed E-state index contributed by atoms with van der Waals surface area (Å²) in [4.78, 5) is 2.31. The second-order valence-corrected chi connectivity index (χ2v) is 12.6. The largest absolute Gasteiger partial charge is 0.311 e. The molecule has 0 N–H and O–H groups in total. The lowest BCUT2D eigenvalue weighted by molar-refractivity contribution is 0.645. The highest BCUT2D eigenvalue weighted by atomic mass is 15.1. The molecule has 1 aromatic heterocycles. The molecule has 0 amide bonds. The van der Waals surface area contributed by atoms with Crippen LogP contribution < -0.4 is 4.90 Å². The monoisotopic (exact) mass is 576 g/mol. The summed E-state index contributed by atoms with van der Waals surface area (Å²) >= 11 is 0. The first-order valence-corrected chi connectivity index (χ1v) is 15.7. The van der Waals surface area contributed by atoms with Gasteiger partial charge in [0.1, 0.15) is 0 Å². The van der Waals surface area contributed by atoms with Crippen LogP contribution in [0.15, 0.2) is 158 Å². The Morgan fingerprint density at radius 3 is 1.82 bits per heavy atom. The number of nitrogens with zero attached hydrogens (tertiary/aromatic N) is 2.